The van der Waals surface area contributed by atoms with E-state index in [1.165, 1.54) is 54.5 Å². The van der Waals surface area contributed by atoms with Crippen LogP contribution in [-0.2, 0) is 0 Å². The Morgan fingerprint density at radius 3 is 2.35 bits per heavy atom. The summed E-state index contributed by atoms with van der Waals surface area (Å²) in [7, 11) is 0. The first-order valence-electron chi connectivity index (χ1n) is 8.12. The number of nitrogens with zero attached hydrogens (tertiary/aromatic N) is 1. The van der Waals surface area contributed by atoms with Crippen LogP contribution in [0, 0.1) is 20.8 Å². The molecule has 20 heavy (non-hydrogen) atoms. The van der Waals surface area contributed by atoms with Gasteiger partial charge in [0.2, 0.25) is 0 Å². The van der Waals surface area contributed by atoms with E-state index < -0.39 is 0 Å². The SMILES string of the molecule is CCCCN(C1CC1)C(CN)c1cc(C)c(C)cc1C. The fraction of sp³-hybridized carbons (Fsp3) is 0.667. The number of aryl methyl sites for hydroxylation is 3. The molecule has 0 bridgehead atoms. The van der Waals surface area contributed by atoms with Crippen LogP contribution in [0.3, 0.4) is 0 Å². The van der Waals surface area contributed by atoms with Crippen LogP contribution in [0.4, 0.5) is 0 Å². The first-order chi connectivity index (χ1) is 9.58. The van der Waals surface area contributed by atoms with Gasteiger partial charge in [0.15, 0.2) is 0 Å². The van der Waals surface area contributed by atoms with Crippen molar-refractivity contribution in [3.8, 4) is 0 Å². The molecule has 1 fully saturated rings. The molecule has 2 N–H and O–H groups in total. The average Bonchev–Trinajstić information content (AvgIpc) is 3.24. The van der Waals surface area contributed by atoms with Crippen LogP contribution in [0.1, 0.15) is 60.9 Å². The van der Waals surface area contributed by atoms with Crippen LogP contribution in [0.15, 0.2) is 12.1 Å². The quantitative estimate of drug-likeness (QED) is 0.817. The van der Waals surface area contributed by atoms with E-state index in [0.29, 0.717) is 6.04 Å². The molecule has 1 aromatic rings. The maximum absolute atomic E-state index is 6.16. The molecule has 2 rings (SSSR count). The molecular weight excluding hydrogens is 244 g/mol. The van der Waals surface area contributed by atoms with E-state index in [0.717, 1.165) is 12.6 Å². The first-order valence-corrected chi connectivity index (χ1v) is 8.12. The average molecular weight is 274 g/mol. The number of benzene rings is 1. The van der Waals surface area contributed by atoms with Gasteiger partial charge in [0.1, 0.15) is 0 Å². The second-order valence-electron chi connectivity index (χ2n) is 6.37. The fourth-order valence-corrected chi connectivity index (χ4v) is 3.12. The van der Waals surface area contributed by atoms with Crippen molar-refractivity contribution >= 4 is 0 Å². The van der Waals surface area contributed by atoms with E-state index in [4.69, 9.17) is 5.73 Å². The number of unbranched alkanes of at least 4 members (excludes halogenated alkanes) is 1. The third-order valence-electron chi connectivity index (χ3n) is 4.65. The van der Waals surface area contributed by atoms with Crippen molar-refractivity contribution in [2.24, 2.45) is 5.73 Å². The monoisotopic (exact) mass is 274 g/mol. The Labute approximate surface area is 124 Å². The van der Waals surface area contributed by atoms with Gasteiger partial charge in [-0.2, -0.15) is 0 Å². The highest BCUT2D eigenvalue weighted by molar-refractivity contribution is 5.38. The molecule has 1 atom stereocenters. The van der Waals surface area contributed by atoms with Crippen molar-refractivity contribution in [3.05, 3.63) is 34.4 Å². The minimum absolute atomic E-state index is 0.397. The zero-order valence-electron chi connectivity index (χ0n) is 13.6. The highest BCUT2D eigenvalue weighted by atomic mass is 15.2. The molecule has 1 saturated carbocycles. The van der Waals surface area contributed by atoms with E-state index in [2.05, 4.69) is 44.7 Å². The minimum atomic E-state index is 0.397. The summed E-state index contributed by atoms with van der Waals surface area (Å²) >= 11 is 0. The molecule has 2 nitrogen and oxygen atoms in total. The van der Waals surface area contributed by atoms with Crippen molar-refractivity contribution < 1.29 is 0 Å². The summed E-state index contributed by atoms with van der Waals surface area (Å²) < 4.78 is 0. The molecule has 0 saturated heterocycles. The van der Waals surface area contributed by atoms with E-state index >= 15 is 0 Å². The Kier molecular flexibility index (Phi) is 5.22. The molecule has 0 aliphatic heterocycles. The highest BCUT2D eigenvalue weighted by Crippen LogP contribution is 2.35. The maximum Gasteiger partial charge on any atom is 0.0476 e. The number of rotatable bonds is 7. The van der Waals surface area contributed by atoms with Gasteiger partial charge in [-0.05, 0) is 68.8 Å². The second-order valence-corrected chi connectivity index (χ2v) is 6.37. The molecule has 2 heteroatoms. The molecule has 0 heterocycles. The number of hydrogen-bond acceptors (Lipinski definition) is 2. The minimum Gasteiger partial charge on any atom is -0.329 e. The van der Waals surface area contributed by atoms with Crippen molar-refractivity contribution in [3.63, 3.8) is 0 Å². The summed E-state index contributed by atoms with van der Waals surface area (Å²) in [4.78, 5) is 2.67. The highest BCUT2D eigenvalue weighted by Gasteiger charge is 2.34. The molecule has 1 aromatic carbocycles. The predicted octanol–water partition coefficient (Wildman–Crippen LogP) is 3.88. The fourth-order valence-electron chi connectivity index (χ4n) is 3.12. The predicted molar refractivity (Wildman–Crippen MR) is 87.1 cm³/mol. The molecule has 1 aliphatic carbocycles. The zero-order chi connectivity index (χ0) is 14.7. The summed E-state index contributed by atoms with van der Waals surface area (Å²) in [5, 5.41) is 0. The Hall–Kier alpha value is -0.860. The van der Waals surface area contributed by atoms with Crippen LogP contribution in [-0.4, -0.2) is 24.0 Å². The first kappa shape index (κ1) is 15.5. The van der Waals surface area contributed by atoms with Gasteiger partial charge >= 0.3 is 0 Å². The number of hydrogen-bond donors (Lipinski definition) is 1. The van der Waals surface area contributed by atoms with Crippen LogP contribution in [0.25, 0.3) is 0 Å². The van der Waals surface area contributed by atoms with Crippen molar-refractivity contribution in [2.45, 2.75) is 65.5 Å². The van der Waals surface area contributed by atoms with E-state index in [1.54, 1.807) is 0 Å². The normalized spacial score (nSPS) is 16.7. The smallest absolute Gasteiger partial charge is 0.0476 e. The van der Waals surface area contributed by atoms with Crippen LogP contribution in [0.2, 0.25) is 0 Å². The standard InChI is InChI=1S/C18H30N2/c1-5-6-9-20(16-7-8-16)18(12-19)17-11-14(3)13(2)10-15(17)4/h10-11,16,18H,5-9,12,19H2,1-4H3. The van der Waals surface area contributed by atoms with Gasteiger partial charge in [0.25, 0.3) is 0 Å². The van der Waals surface area contributed by atoms with Crippen molar-refractivity contribution in [2.75, 3.05) is 13.1 Å². The van der Waals surface area contributed by atoms with Crippen molar-refractivity contribution in [1.82, 2.24) is 4.90 Å². The van der Waals surface area contributed by atoms with E-state index in [-0.39, 0.29) is 0 Å². The summed E-state index contributed by atoms with van der Waals surface area (Å²) in [6.45, 7) is 10.8. The molecule has 1 unspecified atom stereocenters. The largest absolute Gasteiger partial charge is 0.329 e. The summed E-state index contributed by atoms with van der Waals surface area (Å²) in [5.41, 5.74) is 11.8. The summed E-state index contributed by atoms with van der Waals surface area (Å²) in [6, 6.07) is 5.85. The van der Waals surface area contributed by atoms with Crippen LogP contribution in [0.5, 0.6) is 0 Å². The van der Waals surface area contributed by atoms with Gasteiger partial charge in [-0.15, -0.1) is 0 Å². The second kappa shape index (κ2) is 6.73. The topological polar surface area (TPSA) is 29.3 Å². The van der Waals surface area contributed by atoms with Gasteiger partial charge in [-0.3, -0.25) is 4.90 Å². The van der Waals surface area contributed by atoms with Gasteiger partial charge in [-0.25, -0.2) is 0 Å². The third kappa shape index (κ3) is 3.42. The molecular formula is C18H30N2. The third-order valence-corrected chi connectivity index (χ3v) is 4.65. The van der Waals surface area contributed by atoms with Crippen LogP contribution >= 0.6 is 0 Å². The lowest BCUT2D eigenvalue weighted by Gasteiger charge is -2.32. The lowest BCUT2D eigenvalue weighted by molar-refractivity contribution is 0.187. The molecule has 0 aromatic heterocycles. The molecule has 0 spiro atoms. The lowest BCUT2D eigenvalue weighted by atomic mass is 9.94. The van der Waals surface area contributed by atoms with Gasteiger partial charge in [-0.1, -0.05) is 25.5 Å². The van der Waals surface area contributed by atoms with Gasteiger partial charge in [0, 0.05) is 18.6 Å². The Balaban J connectivity index is 2.27. The zero-order valence-corrected chi connectivity index (χ0v) is 13.6. The summed E-state index contributed by atoms with van der Waals surface area (Å²) in [5.74, 6) is 0. The van der Waals surface area contributed by atoms with Gasteiger partial charge in [0.05, 0.1) is 0 Å². The Morgan fingerprint density at radius 1 is 1.15 bits per heavy atom. The molecule has 0 radical (unpaired) electrons. The number of nitrogens with two attached hydrogens (primary N) is 1. The molecule has 1 aliphatic rings. The van der Waals surface area contributed by atoms with Crippen molar-refractivity contribution in [1.29, 1.82) is 0 Å². The maximum atomic E-state index is 6.16. The Morgan fingerprint density at radius 2 is 1.80 bits per heavy atom. The van der Waals surface area contributed by atoms with E-state index in [9.17, 15) is 0 Å². The molecule has 0 amide bonds. The van der Waals surface area contributed by atoms with Gasteiger partial charge < -0.3 is 5.73 Å². The molecule has 112 valence electrons. The van der Waals surface area contributed by atoms with Crippen LogP contribution < -0.4 is 5.73 Å². The Bertz CT molecular complexity index is 449. The lowest BCUT2D eigenvalue weighted by Crippen LogP contribution is -2.36. The summed E-state index contributed by atoms with van der Waals surface area (Å²) in [6.07, 6.45) is 5.23. The van der Waals surface area contributed by atoms with E-state index in [1.807, 2.05) is 0 Å².